The quantitative estimate of drug-likeness (QED) is 0.774. The monoisotopic (exact) mass is 207 g/mol. The molecule has 1 saturated carbocycles. The van der Waals surface area contributed by atoms with E-state index < -0.39 is 0 Å². The lowest BCUT2D eigenvalue weighted by Gasteiger charge is -2.03. The Balaban J connectivity index is 2.17. The fourth-order valence-electron chi connectivity index (χ4n) is 1.75. The van der Waals surface area contributed by atoms with E-state index in [0.717, 1.165) is 24.5 Å². The third kappa shape index (κ3) is 2.45. The first-order valence-corrected chi connectivity index (χ1v) is 5.51. The van der Waals surface area contributed by atoms with Crippen LogP contribution in [0.5, 0.6) is 0 Å². The molecule has 82 valence electrons. The van der Waals surface area contributed by atoms with Crippen LogP contribution in [0.3, 0.4) is 0 Å². The van der Waals surface area contributed by atoms with Gasteiger partial charge in [-0.1, -0.05) is 13.8 Å². The number of hydrogen-bond acceptors (Lipinski definition) is 3. The summed E-state index contributed by atoms with van der Waals surface area (Å²) in [5.41, 5.74) is 0.807. The molecule has 4 heteroatoms. The number of nitrogens with zero attached hydrogens (tertiary/aromatic N) is 1. The highest BCUT2D eigenvalue weighted by atomic mass is 16.1. The molecule has 0 aliphatic heterocycles. The molecule has 1 aromatic heterocycles. The lowest BCUT2D eigenvalue weighted by atomic mass is 10.3. The lowest BCUT2D eigenvalue weighted by Crippen LogP contribution is -2.18. The molecule has 0 spiro atoms. The Morgan fingerprint density at radius 3 is 3.00 bits per heavy atom. The number of aromatic amines is 1. The zero-order valence-corrected chi connectivity index (χ0v) is 9.21. The van der Waals surface area contributed by atoms with Crippen molar-refractivity contribution in [3.05, 3.63) is 27.9 Å². The van der Waals surface area contributed by atoms with E-state index in [4.69, 9.17) is 0 Å². The van der Waals surface area contributed by atoms with Gasteiger partial charge in [0, 0.05) is 18.5 Å². The van der Waals surface area contributed by atoms with Gasteiger partial charge in [-0.25, -0.2) is 4.98 Å². The summed E-state index contributed by atoms with van der Waals surface area (Å²) in [5, 5.41) is 3.17. The Hall–Kier alpha value is -1.16. The van der Waals surface area contributed by atoms with Crippen molar-refractivity contribution >= 4 is 0 Å². The van der Waals surface area contributed by atoms with Gasteiger partial charge in [-0.05, 0) is 18.9 Å². The van der Waals surface area contributed by atoms with Crippen molar-refractivity contribution in [3.63, 3.8) is 0 Å². The summed E-state index contributed by atoms with van der Waals surface area (Å²) in [6.07, 6.45) is 1.15. The van der Waals surface area contributed by atoms with Crippen LogP contribution in [0.25, 0.3) is 0 Å². The van der Waals surface area contributed by atoms with Gasteiger partial charge in [-0.2, -0.15) is 0 Å². The Bertz CT molecular complexity index is 399. The van der Waals surface area contributed by atoms with Crippen LogP contribution in [0.15, 0.2) is 10.9 Å². The number of rotatable bonds is 4. The summed E-state index contributed by atoms with van der Waals surface area (Å²) in [7, 11) is 0. The van der Waals surface area contributed by atoms with Crippen molar-refractivity contribution in [2.24, 2.45) is 5.92 Å². The summed E-state index contributed by atoms with van der Waals surface area (Å²) in [4.78, 5) is 18.7. The maximum atomic E-state index is 11.4. The normalized spacial score (nSPS) is 24.1. The molecule has 1 aromatic rings. The minimum atomic E-state index is -0.0352. The minimum Gasteiger partial charge on any atom is -0.311 e. The van der Waals surface area contributed by atoms with Gasteiger partial charge in [-0.15, -0.1) is 0 Å². The van der Waals surface area contributed by atoms with Gasteiger partial charge >= 0.3 is 0 Å². The Kier molecular flexibility index (Phi) is 2.86. The Labute approximate surface area is 89.1 Å². The van der Waals surface area contributed by atoms with Crippen LogP contribution in [0.1, 0.15) is 37.7 Å². The van der Waals surface area contributed by atoms with Gasteiger partial charge in [0.2, 0.25) is 0 Å². The third-order valence-corrected chi connectivity index (χ3v) is 2.83. The Morgan fingerprint density at radius 1 is 1.67 bits per heavy atom. The van der Waals surface area contributed by atoms with Crippen molar-refractivity contribution < 1.29 is 0 Å². The van der Waals surface area contributed by atoms with E-state index >= 15 is 0 Å². The van der Waals surface area contributed by atoms with Gasteiger partial charge in [-0.3, -0.25) is 4.79 Å². The van der Waals surface area contributed by atoms with E-state index in [0.29, 0.717) is 18.4 Å². The second-order valence-electron chi connectivity index (χ2n) is 4.22. The molecule has 0 amide bonds. The van der Waals surface area contributed by atoms with Crippen LogP contribution in [-0.4, -0.2) is 16.5 Å². The molecule has 1 aliphatic rings. The maximum absolute atomic E-state index is 11.4. The molecular formula is C11H17N3O. The first kappa shape index (κ1) is 10.4. The fraction of sp³-hybridized carbons (Fsp3) is 0.636. The predicted octanol–water partition coefficient (Wildman–Crippen LogP) is 1.00. The number of nitrogens with one attached hydrogen (secondary N) is 2. The van der Waals surface area contributed by atoms with E-state index in [9.17, 15) is 4.79 Å². The summed E-state index contributed by atoms with van der Waals surface area (Å²) in [6, 6.07) is 1.57. The summed E-state index contributed by atoms with van der Waals surface area (Å²) in [5.74, 6) is 2.00. The van der Waals surface area contributed by atoms with Crippen LogP contribution < -0.4 is 10.9 Å². The molecule has 0 saturated heterocycles. The van der Waals surface area contributed by atoms with Gasteiger partial charge in [0.25, 0.3) is 5.56 Å². The maximum Gasteiger partial charge on any atom is 0.251 e. The molecule has 1 fully saturated rings. The van der Waals surface area contributed by atoms with Gasteiger partial charge in [0.1, 0.15) is 5.82 Å². The van der Waals surface area contributed by atoms with Crippen molar-refractivity contribution in [1.29, 1.82) is 0 Å². The van der Waals surface area contributed by atoms with E-state index in [-0.39, 0.29) is 5.56 Å². The Morgan fingerprint density at radius 2 is 2.40 bits per heavy atom. The van der Waals surface area contributed by atoms with Crippen LogP contribution in [0, 0.1) is 5.92 Å². The van der Waals surface area contributed by atoms with Gasteiger partial charge < -0.3 is 10.3 Å². The van der Waals surface area contributed by atoms with Crippen molar-refractivity contribution in [3.8, 4) is 0 Å². The zero-order chi connectivity index (χ0) is 10.8. The fourth-order valence-corrected chi connectivity index (χ4v) is 1.75. The highest BCUT2D eigenvalue weighted by Crippen LogP contribution is 2.44. The van der Waals surface area contributed by atoms with Crippen LogP contribution in [-0.2, 0) is 6.54 Å². The third-order valence-electron chi connectivity index (χ3n) is 2.83. The lowest BCUT2D eigenvalue weighted by molar-refractivity contribution is 0.695. The molecule has 0 aromatic carbocycles. The molecular weight excluding hydrogens is 190 g/mol. The van der Waals surface area contributed by atoms with Crippen LogP contribution in [0.2, 0.25) is 0 Å². The topological polar surface area (TPSA) is 57.8 Å². The van der Waals surface area contributed by atoms with Crippen LogP contribution >= 0.6 is 0 Å². The molecule has 4 nitrogen and oxygen atoms in total. The van der Waals surface area contributed by atoms with Gasteiger partial charge in [0.15, 0.2) is 0 Å². The second kappa shape index (κ2) is 4.14. The SMILES string of the molecule is CCNCc1cc(=O)[nH]c(C2CC2C)n1. The molecule has 1 heterocycles. The highest BCUT2D eigenvalue weighted by molar-refractivity contribution is 5.12. The summed E-state index contributed by atoms with van der Waals surface area (Å²) < 4.78 is 0. The average Bonchev–Trinajstić information content (AvgIpc) is 2.92. The molecule has 2 rings (SSSR count). The molecule has 0 radical (unpaired) electrons. The van der Waals surface area contributed by atoms with Crippen LogP contribution in [0.4, 0.5) is 0 Å². The average molecular weight is 207 g/mol. The van der Waals surface area contributed by atoms with Gasteiger partial charge in [0.05, 0.1) is 5.69 Å². The first-order chi connectivity index (χ1) is 7.20. The molecule has 15 heavy (non-hydrogen) atoms. The predicted molar refractivity (Wildman–Crippen MR) is 58.8 cm³/mol. The standard InChI is InChI=1S/C11H17N3O/c1-3-12-6-8-5-10(15)14-11(13-8)9-4-7(9)2/h5,7,9,12H,3-4,6H2,1-2H3,(H,13,14,15). The molecule has 2 N–H and O–H groups in total. The largest absolute Gasteiger partial charge is 0.311 e. The van der Waals surface area contributed by atoms with E-state index in [2.05, 4.69) is 22.2 Å². The summed E-state index contributed by atoms with van der Waals surface area (Å²) in [6.45, 7) is 5.79. The first-order valence-electron chi connectivity index (χ1n) is 5.51. The molecule has 2 atom stereocenters. The van der Waals surface area contributed by atoms with Crippen molar-refractivity contribution in [2.75, 3.05) is 6.54 Å². The second-order valence-corrected chi connectivity index (χ2v) is 4.22. The van der Waals surface area contributed by atoms with E-state index in [1.807, 2.05) is 6.92 Å². The summed E-state index contributed by atoms with van der Waals surface area (Å²) >= 11 is 0. The van der Waals surface area contributed by atoms with Crippen molar-refractivity contribution in [2.45, 2.75) is 32.7 Å². The highest BCUT2D eigenvalue weighted by Gasteiger charge is 2.36. The number of aromatic nitrogens is 2. The molecule has 0 bridgehead atoms. The van der Waals surface area contributed by atoms with Crippen molar-refractivity contribution in [1.82, 2.24) is 15.3 Å². The molecule has 2 unspecified atom stereocenters. The van der Waals surface area contributed by atoms with E-state index in [1.54, 1.807) is 6.07 Å². The molecule has 1 aliphatic carbocycles. The minimum absolute atomic E-state index is 0.0352. The smallest absolute Gasteiger partial charge is 0.251 e. The zero-order valence-electron chi connectivity index (χ0n) is 9.21. The number of H-pyrrole nitrogens is 1. The van der Waals surface area contributed by atoms with E-state index in [1.165, 1.54) is 0 Å². The number of hydrogen-bond donors (Lipinski definition) is 2.